The zero-order valence-electron chi connectivity index (χ0n) is 13.1. The Hall–Kier alpha value is -1.58. The molecule has 2 aliphatic rings. The number of rotatable bonds is 5. The van der Waals surface area contributed by atoms with E-state index >= 15 is 0 Å². The Labute approximate surface area is 125 Å². The van der Waals surface area contributed by atoms with Gasteiger partial charge in [0.15, 0.2) is 0 Å². The van der Waals surface area contributed by atoms with Crippen LogP contribution in [0.1, 0.15) is 54.2 Å². The molecule has 0 saturated heterocycles. The van der Waals surface area contributed by atoms with Crippen molar-refractivity contribution in [3.63, 3.8) is 0 Å². The summed E-state index contributed by atoms with van der Waals surface area (Å²) in [4.78, 5) is 24.5. The van der Waals surface area contributed by atoms with E-state index in [4.69, 9.17) is 4.74 Å². The molecule has 0 aliphatic heterocycles. The summed E-state index contributed by atoms with van der Waals surface area (Å²) in [5, 5.41) is 0. The molecule has 0 radical (unpaired) electrons. The molecule has 114 valence electrons. The molecule has 1 aromatic rings. The summed E-state index contributed by atoms with van der Waals surface area (Å²) in [5.74, 6) is 0.466. The molecule has 2 fully saturated rings. The van der Waals surface area contributed by atoms with E-state index in [2.05, 4.69) is 0 Å². The van der Waals surface area contributed by atoms with Crippen LogP contribution in [0, 0.1) is 25.2 Å². The minimum absolute atomic E-state index is 0.00461. The van der Waals surface area contributed by atoms with Crippen LogP contribution < -0.4 is 5.56 Å². The van der Waals surface area contributed by atoms with Gasteiger partial charge in [-0.05, 0) is 63.4 Å². The second kappa shape index (κ2) is 5.00. The van der Waals surface area contributed by atoms with Crippen molar-refractivity contribution in [1.29, 1.82) is 0 Å². The van der Waals surface area contributed by atoms with Gasteiger partial charge in [0.2, 0.25) is 0 Å². The first-order chi connectivity index (χ1) is 9.98. The first kappa shape index (κ1) is 14.4. The van der Waals surface area contributed by atoms with E-state index in [0.717, 1.165) is 18.2 Å². The van der Waals surface area contributed by atoms with Crippen LogP contribution in [0.5, 0.6) is 0 Å². The van der Waals surface area contributed by atoms with Crippen molar-refractivity contribution in [3.05, 3.63) is 33.2 Å². The highest BCUT2D eigenvalue weighted by Gasteiger charge is 2.54. The average molecular weight is 289 g/mol. The van der Waals surface area contributed by atoms with Gasteiger partial charge in [0.1, 0.15) is 0 Å². The van der Waals surface area contributed by atoms with Crippen molar-refractivity contribution >= 4 is 5.97 Å². The van der Waals surface area contributed by atoms with E-state index in [-0.39, 0.29) is 11.5 Å². The predicted molar refractivity (Wildman–Crippen MR) is 80.5 cm³/mol. The first-order valence-electron chi connectivity index (χ1n) is 7.86. The second-order valence-electron chi connectivity index (χ2n) is 6.57. The van der Waals surface area contributed by atoms with Crippen molar-refractivity contribution in [2.24, 2.45) is 11.3 Å². The molecule has 1 heterocycles. The molecular weight excluding hydrogens is 266 g/mol. The third kappa shape index (κ3) is 2.52. The Kier molecular flexibility index (Phi) is 3.42. The highest BCUT2D eigenvalue weighted by molar-refractivity contribution is 5.92. The summed E-state index contributed by atoms with van der Waals surface area (Å²) in [7, 11) is 0. The van der Waals surface area contributed by atoms with E-state index in [9.17, 15) is 9.59 Å². The molecule has 0 bridgehead atoms. The Morgan fingerprint density at radius 3 is 2.57 bits per heavy atom. The van der Waals surface area contributed by atoms with Gasteiger partial charge in [-0.3, -0.25) is 4.79 Å². The van der Waals surface area contributed by atoms with Crippen LogP contribution in [0.25, 0.3) is 0 Å². The molecule has 0 unspecified atom stereocenters. The smallest absolute Gasteiger partial charge is 0.340 e. The Bertz CT molecular complexity index is 636. The van der Waals surface area contributed by atoms with Gasteiger partial charge in [0, 0.05) is 18.3 Å². The lowest BCUT2D eigenvalue weighted by atomic mass is 9.99. The van der Waals surface area contributed by atoms with Crippen molar-refractivity contribution in [2.45, 2.75) is 53.0 Å². The number of pyridine rings is 1. The maximum absolute atomic E-state index is 12.4. The van der Waals surface area contributed by atoms with E-state index in [1.165, 1.54) is 25.7 Å². The standard InChI is InChI=1S/C17H23NO3/c1-4-21-16(20)15-11(2)9-14(19)18(12(15)3)10-17(7-8-17)13-5-6-13/h9,13H,4-8,10H2,1-3H3. The highest BCUT2D eigenvalue weighted by atomic mass is 16.5. The third-order valence-electron chi connectivity index (χ3n) is 5.06. The molecule has 0 aromatic carbocycles. The molecule has 3 rings (SSSR count). The summed E-state index contributed by atoms with van der Waals surface area (Å²) in [6.45, 7) is 6.57. The Morgan fingerprint density at radius 1 is 1.38 bits per heavy atom. The lowest BCUT2D eigenvalue weighted by molar-refractivity contribution is 0.0523. The largest absolute Gasteiger partial charge is 0.462 e. The van der Waals surface area contributed by atoms with E-state index < -0.39 is 0 Å². The quantitative estimate of drug-likeness (QED) is 0.783. The average Bonchev–Trinajstić information content (AvgIpc) is 3.26. The summed E-state index contributed by atoms with van der Waals surface area (Å²) in [6.07, 6.45) is 5.02. The van der Waals surface area contributed by atoms with Crippen LogP contribution >= 0.6 is 0 Å². The number of carbonyl (C=O) groups excluding carboxylic acids is 1. The SMILES string of the molecule is CCOC(=O)c1c(C)cc(=O)n(CC2(C3CC3)CC2)c1C. The molecule has 0 spiro atoms. The maximum Gasteiger partial charge on any atom is 0.340 e. The number of hydrogen-bond donors (Lipinski definition) is 0. The van der Waals surface area contributed by atoms with Crippen LogP contribution in [0.3, 0.4) is 0 Å². The number of aromatic nitrogens is 1. The minimum Gasteiger partial charge on any atom is -0.462 e. The lowest BCUT2D eigenvalue weighted by Gasteiger charge is -2.20. The predicted octanol–water partition coefficient (Wildman–Crippen LogP) is 2.83. The third-order valence-corrected chi connectivity index (χ3v) is 5.06. The number of hydrogen-bond acceptors (Lipinski definition) is 3. The van der Waals surface area contributed by atoms with Gasteiger partial charge in [-0.2, -0.15) is 0 Å². The maximum atomic E-state index is 12.4. The fraction of sp³-hybridized carbons (Fsp3) is 0.647. The molecule has 0 amide bonds. The molecule has 0 N–H and O–H groups in total. The minimum atomic E-state index is -0.322. The summed E-state index contributed by atoms with van der Waals surface area (Å²) in [6, 6.07) is 1.57. The van der Waals surface area contributed by atoms with E-state index in [1.54, 1.807) is 24.5 Å². The van der Waals surface area contributed by atoms with Crippen LogP contribution in [-0.2, 0) is 11.3 Å². The number of aryl methyl sites for hydroxylation is 1. The first-order valence-corrected chi connectivity index (χ1v) is 7.86. The number of esters is 1. The van der Waals surface area contributed by atoms with Crippen molar-refractivity contribution in [3.8, 4) is 0 Å². The van der Waals surface area contributed by atoms with Crippen LogP contribution in [-0.4, -0.2) is 17.1 Å². The summed E-state index contributed by atoms with van der Waals surface area (Å²) < 4.78 is 6.93. The van der Waals surface area contributed by atoms with Crippen LogP contribution in [0.15, 0.2) is 10.9 Å². The molecule has 4 nitrogen and oxygen atoms in total. The number of ether oxygens (including phenoxy) is 1. The molecule has 21 heavy (non-hydrogen) atoms. The summed E-state index contributed by atoms with van der Waals surface area (Å²) >= 11 is 0. The van der Waals surface area contributed by atoms with Crippen LogP contribution in [0.4, 0.5) is 0 Å². The molecule has 0 atom stereocenters. The molecule has 2 aliphatic carbocycles. The van der Waals surface area contributed by atoms with Crippen molar-refractivity contribution in [2.75, 3.05) is 6.61 Å². The van der Waals surface area contributed by atoms with Gasteiger partial charge < -0.3 is 9.30 Å². The fourth-order valence-electron chi connectivity index (χ4n) is 3.50. The molecule has 1 aromatic heterocycles. The second-order valence-corrected chi connectivity index (χ2v) is 6.57. The van der Waals surface area contributed by atoms with Gasteiger partial charge in [-0.15, -0.1) is 0 Å². The number of carbonyl (C=O) groups is 1. The van der Waals surface area contributed by atoms with E-state index in [1.807, 2.05) is 6.92 Å². The van der Waals surface area contributed by atoms with Crippen molar-refractivity contribution < 1.29 is 9.53 Å². The Balaban J connectivity index is 1.98. The van der Waals surface area contributed by atoms with Gasteiger partial charge in [-0.25, -0.2) is 4.79 Å². The molecule has 4 heteroatoms. The molecule has 2 saturated carbocycles. The van der Waals surface area contributed by atoms with E-state index in [0.29, 0.717) is 23.1 Å². The zero-order chi connectivity index (χ0) is 15.2. The number of nitrogens with zero attached hydrogens (tertiary/aromatic N) is 1. The van der Waals surface area contributed by atoms with Gasteiger partial charge in [-0.1, -0.05) is 0 Å². The normalized spacial score (nSPS) is 19.4. The highest BCUT2D eigenvalue weighted by Crippen LogP contribution is 2.62. The fourth-order valence-corrected chi connectivity index (χ4v) is 3.50. The van der Waals surface area contributed by atoms with Gasteiger partial charge in [0.05, 0.1) is 12.2 Å². The topological polar surface area (TPSA) is 48.3 Å². The monoisotopic (exact) mass is 289 g/mol. The summed E-state index contributed by atoms with van der Waals surface area (Å²) in [5.41, 5.74) is 2.36. The Morgan fingerprint density at radius 2 is 2.05 bits per heavy atom. The molecular formula is C17H23NO3. The van der Waals surface area contributed by atoms with Crippen LogP contribution in [0.2, 0.25) is 0 Å². The lowest BCUT2D eigenvalue weighted by Crippen LogP contribution is -2.30. The van der Waals surface area contributed by atoms with Crippen molar-refractivity contribution in [1.82, 2.24) is 4.57 Å². The van der Waals surface area contributed by atoms with Gasteiger partial charge in [0.25, 0.3) is 5.56 Å². The zero-order valence-corrected chi connectivity index (χ0v) is 13.1. The van der Waals surface area contributed by atoms with Gasteiger partial charge >= 0.3 is 5.97 Å².